The number of carbonyl (C=O) groups excluding carboxylic acids is 2. The van der Waals surface area contributed by atoms with E-state index in [0.717, 1.165) is 41.2 Å². The molecular weight excluding hydrogens is 382 g/mol. The number of hydrogen-bond donors (Lipinski definition) is 3. The zero-order chi connectivity index (χ0) is 20.9. The smallest absolute Gasteiger partial charge is 0.315 e. The second-order valence-corrected chi connectivity index (χ2v) is 7.74. The Morgan fingerprint density at radius 2 is 1.77 bits per heavy atom. The van der Waals surface area contributed by atoms with Gasteiger partial charge < -0.3 is 25.4 Å². The lowest BCUT2D eigenvalue weighted by Gasteiger charge is -2.19. The minimum absolute atomic E-state index is 0.0892. The molecule has 7 heteroatoms. The van der Waals surface area contributed by atoms with Crippen LogP contribution in [0.4, 0.5) is 10.5 Å². The van der Waals surface area contributed by atoms with Crippen LogP contribution in [0.25, 0.3) is 0 Å². The summed E-state index contributed by atoms with van der Waals surface area (Å²) < 4.78 is 11.1. The van der Waals surface area contributed by atoms with Crippen LogP contribution < -0.4 is 25.4 Å². The quantitative estimate of drug-likeness (QED) is 0.654. The van der Waals surface area contributed by atoms with E-state index in [1.165, 1.54) is 0 Å². The summed E-state index contributed by atoms with van der Waals surface area (Å²) in [7, 11) is 0. The topological polar surface area (TPSA) is 88.7 Å². The molecule has 0 spiro atoms. The lowest BCUT2D eigenvalue weighted by atomic mass is 10.1. The summed E-state index contributed by atoms with van der Waals surface area (Å²) in [6.45, 7) is 3.58. The number of urea groups is 1. The fraction of sp³-hybridized carbons (Fsp3) is 0.391. The van der Waals surface area contributed by atoms with E-state index in [1.54, 1.807) is 0 Å². The Kier molecular flexibility index (Phi) is 6.07. The Bertz CT molecular complexity index is 909. The van der Waals surface area contributed by atoms with Gasteiger partial charge in [0.2, 0.25) is 5.91 Å². The van der Waals surface area contributed by atoms with E-state index in [1.807, 2.05) is 49.4 Å². The minimum Gasteiger partial charge on any atom is -0.486 e. The second kappa shape index (κ2) is 9.07. The van der Waals surface area contributed by atoms with Crippen LogP contribution in [0.2, 0.25) is 0 Å². The fourth-order valence-corrected chi connectivity index (χ4v) is 3.34. The Hall–Kier alpha value is -3.22. The summed E-state index contributed by atoms with van der Waals surface area (Å²) in [5.74, 6) is 1.79. The van der Waals surface area contributed by atoms with E-state index in [-0.39, 0.29) is 23.9 Å². The first-order valence-corrected chi connectivity index (χ1v) is 10.4. The molecule has 2 aromatic rings. The average Bonchev–Trinajstić information content (AvgIpc) is 3.60. The lowest BCUT2D eigenvalue weighted by molar-refractivity contribution is -0.117. The van der Waals surface area contributed by atoms with Gasteiger partial charge in [-0.15, -0.1) is 0 Å². The van der Waals surface area contributed by atoms with E-state index >= 15 is 0 Å². The van der Waals surface area contributed by atoms with Gasteiger partial charge in [-0.25, -0.2) is 4.79 Å². The van der Waals surface area contributed by atoms with Crippen molar-refractivity contribution < 1.29 is 19.1 Å². The molecule has 2 aromatic carbocycles. The second-order valence-electron chi connectivity index (χ2n) is 7.74. The fourth-order valence-electron chi connectivity index (χ4n) is 3.34. The van der Waals surface area contributed by atoms with E-state index < -0.39 is 0 Å². The van der Waals surface area contributed by atoms with E-state index in [0.29, 0.717) is 26.2 Å². The number of ether oxygens (including phenoxy) is 2. The number of benzene rings is 2. The van der Waals surface area contributed by atoms with Crippen molar-refractivity contribution in [3.63, 3.8) is 0 Å². The summed E-state index contributed by atoms with van der Waals surface area (Å²) in [4.78, 5) is 24.0. The molecule has 3 N–H and O–H groups in total. The molecule has 158 valence electrons. The number of rotatable bonds is 7. The van der Waals surface area contributed by atoms with Crippen molar-refractivity contribution in [1.29, 1.82) is 0 Å². The standard InChI is InChI=1S/C23H27N3O4/c1-15(17-5-7-19(8-6-17)26-22(27)18-3-4-18)25-23(28)24-11-10-16-2-9-20-21(14-16)30-13-12-29-20/h2,5-9,14-15,18H,3-4,10-13H2,1H3,(H,26,27)(H2,24,25,28)/t15-/m1/s1. The number of carbonyl (C=O) groups is 2. The third-order valence-electron chi connectivity index (χ3n) is 5.28. The van der Waals surface area contributed by atoms with Gasteiger partial charge in [0.05, 0.1) is 6.04 Å². The highest BCUT2D eigenvalue weighted by Crippen LogP contribution is 2.31. The molecule has 0 saturated heterocycles. The maximum Gasteiger partial charge on any atom is 0.315 e. The van der Waals surface area contributed by atoms with Gasteiger partial charge in [0, 0.05) is 18.2 Å². The zero-order valence-electron chi connectivity index (χ0n) is 17.1. The van der Waals surface area contributed by atoms with Gasteiger partial charge in [0.15, 0.2) is 11.5 Å². The van der Waals surface area contributed by atoms with Crippen LogP contribution in [0.5, 0.6) is 11.5 Å². The Morgan fingerprint density at radius 3 is 2.50 bits per heavy atom. The predicted molar refractivity (Wildman–Crippen MR) is 114 cm³/mol. The van der Waals surface area contributed by atoms with Crippen LogP contribution in [0.15, 0.2) is 42.5 Å². The maximum atomic E-state index is 12.2. The number of nitrogens with one attached hydrogen (secondary N) is 3. The summed E-state index contributed by atoms with van der Waals surface area (Å²) in [6.07, 6.45) is 2.66. The molecule has 0 unspecified atom stereocenters. The van der Waals surface area contributed by atoms with Crippen LogP contribution >= 0.6 is 0 Å². The molecule has 1 atom stereocenters. The zero-order valence-corrected chi connectivity index (χ0v) is 17.1. The molecule has 30 heavy (non-hydrogen) atoms. The molecule has 1 heterocycles. The summed E-state index contributed by atoms with van der Waals surface area (Å²) in [5.41, 5.74) is 2.84. The van der Waals surface area contributed by atoms with Crippen LogP contribution in [0, 0.1) is 5.92 Å². The number of hydrogen-bond acceptors (Lipinski definition) is 4. The number of fused-ring (bicyclic) bond motifs is 1. The van der Waals surface area contributed by atoms with Crippen molar-refractivity contribution in [1.82, 2.24) is 10.6 Å². The number of amides is 3. The predicted octanol–water partition coefficient (Wildman–Crippen LogP) is 3.41. The third-order valence-corrected chi connectivity index (χ3v) is 5.28. The van der Waals surface area contributed by atoms with Gasteiger partial charge in [0.25, 0.3) is 0 Å². The van der Waals surface area contributed by atoms with E-state index in [9.17, 15) is 9.59 Å². The van der Waals surface area contributed by atoms with Crippen molar-refractivity contribution in [3.05, 3.63) is 53.6 Å². The van der Waals surface area contributed by atoms with Crippen LogP contribution in [0.1, 0.15) is 36.9 Å². The highest BCUT2D eigenvalue weighted by Gasteiger charge is 2.29. The van der Waals surface area contributed by atoms with Gasteiger partial charge >= 0.3 is 6.03 Å². The van der Waals surface area contributed by atoms with Gasteiger partial charge in [-0.2, -0.15) is 0 Å². The first-order valence-electron chi connectivity index (χ1n) is 10.4. The summed E-state index contributed by atoms with van der Waals surface area (Å²) in [5, 5.41) is 8.75. The van der Waals surface area contributed by atoms with E-state index in [4.69, 9.17) is 9.47 Å². The Morgan fingerprint density at radius 1 is 1.03 bits per heavy atom. The highest BCUT2D eigenvalue weighted by atomic mass is 16.6. The van der Waals surface area contributed by atoms with Gasteiger partial charge in [-0.1, -0.05) is 18.2 Å². The molecule has 4 rings (SSSR count). The molecule has 3 amide bonds. The monoisotopic (exact) mass is 409 g/mol. The largest absolute Gasteiger partial charge is 0.486 e. The van der Waals surface area contributed by atoms with Crippen molar-refractivity contribution in [3.8, 4) is 11.5 Å². The first kappa shape index (κ1) is 20.1. The molecule has 0 bridgehead atoms. The first-order chi connectivity index (χ1) is 14.6. The number of anilines is 1. The van der Waals surface area contributed by atoms with Crippen molar-refractivity contribution in [2.24, 2.45) is 5.92 Å². The van der Waals surface area contributed by atoms with Crippen molar-refractivity contribution in [2.45, 2.75) is 32.2 Å². The van der Waals surface area contributed by atoms with Gasteiger partial charge in [0.1, 0.15) is 13.2 Å². The SMILES string of the molecule is C[C@@H](NC(=O)NCCc1ccc2c(c1)OCCO2)c1ccc(NC(=O)C2CC2)cc1. The summed E-state index contributed by atoms with van der Waals surface area (Å²) >= 11 is 0. The molecular formula is C23H27N3O4. The molecule has 2 aliphatic rings. The molecule has 0 aromatic heterocycles. The van der Waals surface area contributed by atoms with Crippen molar-refractivity contribution in [2.75, 3.05) is 25.1 Å². The lowest BCUT2D eigenvalue weighted by Crippen LogP contribution is -2.38. The highest BCUT2D eigenvalue weighted by molar-refractivity contribution is 5.94. The molecule has 1 saturated carbocycles. The Labute approximate surface area is 176 Å². The summed E-state index contributed by atoms with van der Waals surface area (Å²) in [6, 6.07) is 13.1. The molecule has 1 aliphatic carbocycles. The molecule has 1 fully saturated rings. The normalized spacial score (nSPS) is 15.8. The molecule has 7 nitrogen and oxygen atoms in total. The molecule has 0 radical (unpaired) electrons. The molecule has 1 aliphatic heterocycles. The maximum absolute atomic E-state index is 12.2. The minimum atomic E-state index is -0.217. The van der Waals surface area contributed by atoms with Crippen molar-refractivity contribution >= 4 is 17.6 Å². The van der Waals surface area contributed by atoms with E-state index in [2.05, 4.69) is 16.0 Å². The van der Waals surface area contributed by atoms with Gasteiger partial charge in [-0.3, -0.25) is 4.79 Å². The third kappa shape index (κ3) is 5.23. The van der Waals surface area contributed by atoms with Crippen LogP contribution in [-0.2, 0) is 11.2 Å². The average molecular weight is 409 g/mol. The van der Waals surface area contributed by atoms with Crippen LogP contribution in [0.3, 0.4) is 0 Å². The van der Waals surface area contributed by atoms with Crippen LogP contribution in [-0.4, -0.2) is 31.7 Å². The van der Waals surface area contributed by atoms with Gasteiger partial charge in [-0.05, 0) is 61.6 Å². The Balaban J connectivity index is 1.21.